The number of amides is 1. The first-order chi connectivity index (χ1) is 11.5. The van der Waals surface area contributed by atoms with Gasteiger partial charge in [-0.2, -0.15) is 5.10 Å². The molecule has 2 heterocycles. The van der Waals surface area contributed by atoms with Crippen LogP contribution in [0, 0.1) is 0 Å². The van der Waals surface area contributed by atoms with Gasteiger partial charge in [0.15, 0.2) is 0 Å². The minimum absolute atomic E-state index is 0.00662. The van der Waals surface area contributed by atoms with Crippen molar-refractivity contribution in [2.24, 2.45) is 5.10 Å². The summed E-state index contributed by atoms with van der Waals surface area (Å²) in [6, 6.07) is 11.2. The summed E-state index contributed by atoms with van der Waals surface area (Å²) in [5, 5.41) is 9.97. The smallest absolute Gasteiger partial charge is 0.244 e. The second kappa shape index (κ2) is 7.01. The molecule has 0 radical (unpaired) electrons. The minimum atomic E-state index is -0.261. The Bertz CT molecular complexity index is 790. The highest BCUT2D eigenvalue weighted by molar-refractivity contribution is 6.30. The van der Waals surface area contributed by atoms with Gasteiger partial charge in [0.2, 0.25) is 5.91 Å². The number of hydrogen-bond acceptors (Lipinski definition) is 4. The number of nitrogens with zero attached hydrogens (tertiary/aromatic N) is 3. The summed E-state index contributed by atoms with van der Waals surface area (Å²) in [4.78, 5) is 16.2. The number of rotatable bonds is 3. The number of benzene rings is 1. The Morgan fingerprint density at radius 3 is 3.00 bits per heavy atom. The number of carbonyl (C=O) groups excluding carboxylic acids is 1. The van der Waals surface area contributed by atoms with E-state index in [0.717, 1.165) is 22.5 Å². The van der Waals surface area contributed by atoms with Gasteiger partial charge in [-0.25, -0.2) is 0 Å². The summed E-state index contributed by atoms with van der Waals surface area (Å²) in [6.45, 7) is 5.12. The van der Waals surface area contributed by atoms with Crippen molar-refractivity contribution in [1.82, 2.24) is 15.3 Å². The second-order valence-electron chi connectivity index (χ2n) is 5.76. The number of piperazine rings is 1. The number of hydrogen-bond donors (Lipinski definition) is 1. The lowest BCUT2D eigenvalue weighted by Gasteiger charge is -2.30. The van der Waals surface area contributed by atoms with E-state index in [0.29, 0.717) is 18.1 Å². The lowest BCUT2D eigenvalue weighted by Crippen LogP contribution is -2.51. The first-order valence-electron chi connectivity index (χ1n) is 7.86. The van der Waals surface area contributed by atoms with Gasteiger partial charge in [-0.15, -0.1) is 0 Å². The van der Waals surface area contributed by atoms with Crippen LogP contribution in [0.15, 0.2) is 47.7 Å². The van der Waals surface area contributed by atoms with Crippen LogP contribution >= 0.6 is 11.6 Å². The zero-order valence-electron chi connectivity index (χ0n) is 13.7. The van der Waals surface area contributed by atoms with Crippen LogP contribution in [0.25, 0.3) is 11.3 Å². The van der Waals surface area contributed by atoms with Gasteiger partial charge in [0.25, 0.3) is 0 Å². The standard InChI is InChI=1S/C18H19ClN4O/c1-12(22-23-9-8-21-18(24)13(23)2)14-6-7-20-17(11-14)15-4-3-5-16(19)10-15/h3-7,10-11,13H,8-9H2,1-2H3,(H,21,24)/b22-12+. The van der Waals surface area contributed by atoms with Gasteiger partial charge in [-0.05, 0) is 38.1 Å². The molecule has 1 N–H and O–H groups in total. The molecule has 1 atom stereocenters. The molecule has 1 amide bonds. The third kappa shape index (κ3) is 3.57. The van der Waals surface area contributed by atoms with Crippen LogP contribution in [0.3, 0.4) is 0 Å². The molecule has 0 aliphatic carbocycles. The van der Waals surface area contributed by atoms with Crippen LogP contribution in [-0.2, 0) is 4.79 Å². The summed E-state index contributed by atoms with van der Waals surface area (Å²) < 4.78 is 0. The van der Waals surface area contributed by atoms with Crippen LogP contribution in [0.5, 0.6) is 0 Å². The van der Waals surface area contributed by atoms with Crippen molar-refractivity contribution in [3.8, 4) is 11.3 Å². The maximum absolute atomic E-state index is 11.7. The Hall–Kier alpha value is -2.40. The lowest BCUT2D eigenvalue weighted by molar-refractivity contribution is -0.128. The van der Waals surface area contributed by atoms with Crippen LogP contribution < -0.4 is 5.32 Å². The number of nitrogens with one attached hydrogen (secondary N) is 1. The van der Waals surface area contributed by atoms with E-state index in [1.165, 1.54) is 0 Å². The van der Waals surface area contributed by atoms with Gasteiger partial charge in [0.1, 0.15) is 6.04 Å². The minimum Gasteiger partial charge on any atom is -0.352 e. The number of aromatic nitrogens is 1. The van der Waals surface area contributed by atoms with Crippen molar-refractivity contribution in [2.45, 2.75) is 19.9 Å². The van der Waals surface area contributed by atoms with E-state index in [1.807, 2.05) is 55.3 Å². The maximum atomic E-state index is 11.7. The van der Waals surface area contributed by atoms with Gasteiger partial charge in [0, 0.05) is 28.9 Å². The highest BCUT2D eigenvalue weighted by Crippen LogP contribution is 2.22. The van der Waals surface area contributed by atoms with Crippen molar-refractivity contribution in [3.63, 3.8) is 0 Å². The Morgan fingerprint density at radius 2 is 2.21 bits per heavy atom. The van der Waals surface area contributed by atoms with E-state index in [2.05, 4.69) is 15.4 Å². The SMILES string of the molecule is C/C(=N\N1CCNC(=O)C1C)c1ccnc(-c2cccc(Cl)c2)c1. The highest BCUT2D eigenvalue weighted by atomic mass is 35.5. The summed E-state index contributed by atoms with van der Waals surface area (Å²) >= 11 is 6.06. The fourth-order valence-electron chi connectivity index (χ4n) is 2.62. The van der Waals surface area contributed by atoms with Gasteiger partial charge < -0.3 is 5.32 Å². The topological polar surface area (TPSA) is 57.6 Å². The Morgan fingerprint density at radius 1 is 1.38 bits per heavy atom. The molecular formula is C18H19ClN4O. The molecule has 0 saturated carbocycles. The second-order valence-corrected chi connectivity index (χ2v) is 6.19. The monoisotopic (exact) mass is 342 g/mol. The summed E-state index contributed by atoms with van der Waals surface area (Å²) in [5.74, 6) is 0.00662. The molecule has 1 fully saturated rings. The molecule has 1 aromatic heterocycles. The number of halogens is 1. The molecular weight excluding hydrogens is 324 g/mol. The van der Waals surface area contributed by atoms with Crippen molar-refractivity contribution < 1.29 is 4.79 Å². The molecule has 1 aliphatic heterocycles. The van der Waals surface area contributed by atoms with Crippen LogP contribution in [0.4, 0.5) is 0 Å². The van der Waals surface area contributed by atoms with Gasteiger partial charge in [-0.3, -0.25) is 14.8 Å². The quantitative estimate of drug-likeness (QED) is 0.872. The molecule has 1 aromatic carbocycles. The van der Waals surface area contributed by atoms with Gasteiger partial charge in [-0.1, -0.05) is 23.7 Å². The zero-order valence-corrected chi connectivity index (χ0v) is 14.4. The molecule has 1 unspecified atom stereocenters. The largest absolute Gasteiger partial charge is 0.352 e. The Balaban J connectivity index is 1.88. The number of pyridine rings is 1. The lowest BCUT2D eigenvalue weighted by atomic mass is 10.1. The van der Waals surface area contributed by atoms with E-state index in [4.69, 9.17) is 11.6 Å². The van der Waals surface area contributed by atoms with Crippen molar-refractivity contribution >= 4 is 23.2 Å². The number of hydrazone groups is 1. The van der Waals surface area contributed by atoms with E-state index in [-0.39, 0.29) is 11.9 Å². The molecule has 24 heavy (non-hydrogen) atoms. The molecule has 1 saturated heterocycles. The van der Waals surface area contributed by atoms with Gasteiger partial charge >= 0.3 is 0 Å². The average molecular weight is 343 g/mol. The molecule has 2 aromatic rings. The summed E-state index contributed by atoms with van der Waals surface area (Å²) in [5.41, 5.74) is 3.62. The van der Waals surface area contributed by atoms with E-state index >= 15 is 0 Å². The van der Waals surface area contributed by atoms with E-state index < -0.39 is 0 Å². The first kappa shape index (κ1) is 16.5. The Labute approximate surface area is 146 Å². The molecule has 3 rings (SSSR count). The summed E-state index contributed by atoms with van der Waals surface area (Å²) in [6.07, 6.45) is 1.76. The molecule has 6 heteroatoms. The fraction of sp³-hybridized carbons (Fsp3) is 0.278. The Kier molecular flexibility index (Phi) is 4.81. The molecule has 1 aliphatic rings. The third-order valence-corrected chi connectivity index (χ3v) is 4.28. The average Bonchev–Trinajstić information content (AvgIpc) is 2.59. The highest BCUT2D eigenvalue weighted by Gasteiger charge is 2.24. The van der Waals surface area contributed by atoms with Crippen LogP contribution in [0.2, 0.25) is 5.02 Å². The fourth-order valence-corrected chi connectivity index (χ4v) is 2.81. The third-order valence-electron chi connectivity index (χ3n) is 4.04. The predicted molar refractivity (Wildman–Crippen MR) is 96.1 cm³/mol. The van der Waals surface area contributed by atoms with Crippen molar-refractivity contribution in [2.75, 3.05) is 13.1 Å². The van der Waals surface area contributed by atoms with Crippen molar-refractivity contribution in [3.05, 3.63) is 53.2 Å². The molecule has 0 spiro atoms. The molecule has 124 valence electrons. The predicted octanol–water partition coefficient (Wildman–Crippen LogP) is 2.95. The first-order valence-corrected chi connectivity index (χ1v) is 8.24. The van der Waals surface area contributed by atoms with Crippen molar-refractivity contribution in [1.29, 1.82) is 0 Å². The molecule has 0 bridgehead atoms. The maximum Gasteiger partial charge on any atom is 0.244 e. The zero-order chi connectivity index (χ0) is 17.1. The molecule has 5 nitrogen and oxygen atoms in total. The summed E-state index contributed by atoms with van der Waals surface area (Å²) in [7, 11) is 0. The van der Waals surface area contributed by atoms with Gasteiger partial charge in [0.05, 0.1) is 18.0 Å². The number of carbonyl (C=O) groups is 1. The van der Waals surface area contributed by atoms with E-state index in [9.17, 15) is 4.79 Å². The normalized spacial score (nSPS) is 18.5. The van der Waals surface area contributed by atoms with Crippen LogP contribution in [-0.4, -0.2) is 40.7 Å². The van der Waals surface area contributed by atoms with E-state index in [1.54, 1.807) is 6.20 Å². The van der Waals surface area contributed by atoms with Crippen LogP contribution in [0.1, 0.15) is 19.4 Å².